The van der Waals surface area contributed by atoms with E-state index < -0.39 is 11.9 Å². The van der Waals surface area contributed by atoms with Crippen LogP contribution in [-0.4, -0.2) is 37.1 Å². The van der Waals surface area contributed by atoms with Gasteiger partial charge in [-0.25, -0.2) is 9.59 Å². The molecule has 2 saturated carbocycles. The number of carbonyl (C=O) groups is 3. The van der Waals surface area contributed by atoms with E-state index >= 15 is 0 Å². The fraction of sp³-hybridized carbons (Fsp3) is 0.581. The second-order valence-corrected chi connectivity index (χ2v) is 10.9. The van der Waals surface area contributed by atoms with Gasteiger partial charge in [0.05, 0.1) is 24.3 Å². The van der Waals surface area contributed by atoms with Gasteiger partial charge in [0.2, 0.25) is 0 Å². The van der Waals surface area contributed by atoms with Gasteiger partial charge in [-0.15, -0.1) is 0 Å². The Hall–Kier alpha value is -2.89. The Morgan fingerprint density at radius 2 is 1.19 bits per heavy atom. The van der Waals surface area contributed by atoms with Crippen LogP contribution in [0.5, 0.6) is 0 Å². The molecule has 4 rings (SSSR count). The summed E-state index contributed by atoms with van der Waals surface area (Å²) in [6.45, 7) is 8.54. The first kappa shape index (κ1) is 27.2. The lowest BCUT2D eigenvalue weighted by molar-refractivity contribution is 0.0517. The molecule has 2 aliphatic rings. The van der Waals surface area contributed by atoms with E-state index in [1.165, 1.54) is 0 Å². The van der Waals surface area contributed by atoms with Crippen molar-refractivity contribution in [2.75, 3.05) is 13.2 Å². The van der Waals surface area contributed by atoms with Crippen LogP contribution in [0.3, 0.4) is 0 Å². The third-order valence-electron chi connectivity index (χ3n) is 8.23. The van der Waals surface area contributed by atoms with E-state index in [0.717, 1.165) is 56.9 Å². The maximum atomic E-state index is 13.7. The van der Waals surface area contributed by atoms with Crippen LogP contribution in [-0.2, 0) is 9.47 Å². The summed E-state index contributed by atoms with van der Waals surface area (Å²) in [5.41, 5.74) is 2.15. The van der Waals surface area contributed by atoms with Gasteiger partial charge in [0.1, 0.15) is 0 Å². The zero-order chi connectivity index (χ0) is 26.5. The fourth-order valence-corrected chi connectivity index (χ4v) is 6.05. The standard InChI is InChI=1S/C31H41NO5/c1-5-36-30(34)25-18-16-24(29(33)32-22-13-9-20(4)10-14-22)28-26(31(35)37-6-2)17-15-23(27(25)28)21-11-7-19(3)8-12-21/h15-22H,5-14H2,1-4H3,(H,32,33). The lowest BCUT2D eigenvalue weighted by Crippen LogP contribution is -2.37. The Morgan fingerprint density at radius 3 is 1.76 bits per heavy atom. The van der Waals surface area contributed by atoms with Crippen LogP contribution >= 0.6 is 0 Å². The Bertz CT molecular complexity index is 1140. The summed E-state index contributed by atoms with van der Waals surface area (Å²) >= 11 is 0. The second-order valence-electron chi connectivity index (χ2n) is 10.9. The first-order valence-corrected chi connectivity index (χ1v) is 14.1. The number of hydrogen-bond donors (Lipinski definition) is 1. The number of ether oxygens (including phenoxy) is 2. The van der Waals surface area contributed by atoms with Crippen LogP contribution in [0.1, 0.15) is 122 Å². The molecule has 0 unspecified atom stereocenters. The van der Waals surface area contributed by atoms with Gasteiger partial charge in [-0.1, -0.05) is 32.8 Å². The smallest absolute Gasteiger partial charge is 0.338 e. The summed E-state index contributed by atoms with van der Waals surface area (Å²) in [5, 5.41) is 4.38. The molecule has 0 atom stereocenters. The first-order valence-electron chi connectivity index (χ1n) is 14.1. The number of carbonyl (C=O) groups excluding carboxylic acids is 3. The number of fused-ring (bicyclic) bond motifs is 1. The van der Waals surface area contributed by atoms with Crippen LogP contribution in [0.4, 0.5) is 0 Å². The predicted octanol–water partition coefficient (Wildman–Crippen LogP) is 6.80. The Balaban J connectivity index is 1.89. The second kappa shape index (κ2) is 12.1. The van der Waals surface area contributed by atoms with E-state index in [4.69, 9.17) is 9.47 Å². The van der Waals surface area contributed by atoms with E-state index in [9.17, 15) is 14.4 Å². The van der Waals surface area contributed by atoms with E-state index in [1.807, 2.05) is 6.07 Å². The van der Waals surface area contributed by atoms with Crippen molar-refractivity contribution in [2.45, 2.75) is 91.0 Å². The molecular formula is C31H41NO5. The summed E-state index contributed by atoms with van der Waals surface area (Å²) in [4.78, 5) is 40.0. The van der Waals surface area contributed by atoms with E-state index in [0.29, 0.717) is 39.3 Å². The average Bonchev–Trinajstić information content (AvgIpc) is 2.89. The van der Waals surface area contributed by atoms with Gasteiger partial charge in [0.15, 0.2) is 0 Å². The molecule has 0 aromatic heterocycles. The Morgan fingerprint density at radius 1 is 0.703 bits per heavy atom. The number of rotatable bonds is 7. The van der Waals surface area contributed by atoms with Crippen molar-refractivity contribution in [1.29, 1.82) is 0 Å². The molecule has 200 valence electrons. The van der Waals surface area contributed by atoms with Crippen molar-refractivity contribution in [2.24, 2.45) is 11.8 Å². The molecule has 0 radical (unpaired) electrons. The molecule has 2 aromatic carbocycles. The number of nitrogens with one attached hydrogen (secondary N) is 1. The Labute approximate surface area is 220 Å². The van der Waals surface area contributed by atoms with Gasteiger partial charge in [0.25, 0.3) is 5.91 Å². The van der Waals surface area contributed by atoms with Crippen LogP contribution in [0, 0.1) is 11.8 Å². The van der Waals surface area contributed by atoms with Gasteiger partial charge in [-0.05, 0) is 93.9 Å². The van der Waals surface area contributed by atoms with Crippen molar-refractivity contribution < 1.29 is 23.9 Å². The molecule has 6 nitrogen and oxygen atoms in total. The lowest BCUT2D eigenvalue weighted by Gasteiger charge is -2.29. The van der Waals surface area contributed by atoms with E-state index in [2.05, 4.69) is 19.2 Å². The minimum atomic E-state index is -0.488. The molecular weight excluding hydrogens is 466 g/mol. The van der Waals surface area contributed by atoms with Crippen molar-refractivity contribution >= 4 is 28.6 Å². The maximum Gasteiger partial charge on any atom is 0.338 e. The van der Waals surface area contributed by atoms with Crippen LogP contribution in [0.2, 0.25) is 0 Å². The summed E-state index contributed by atoms with van der Waals surface area (Å²) in [7, 11) is 0. The van der Waals surface area contributed by atoms with Crippen LogP contribution in [0.15, 0.2) is 24.3 Å². The SMILES string of the molecule is CCOC(=O)c1ccc(C2CCC(C)CC2)c2c(C(=O)OCC)ccc(C(=O)NC3CCC(C)CC3)c12. The lowest BCUT2D eigenvalue weighted by atomic mass is 9.76. The molecule has 2 fully saturated rings. The molecule has 6 heteroatoms. The molecule has 2 aliphatic carbocycles. The van der Waals surface area contributed by atoms with Gasteiger partial charge < -0.3 is 14.8 Å². The molecule has 1 amide bonds. The first-order chi connectivity index (χ1) is 17.8. The molecule has 0 heterocycles. The molecule has 37 heavy (non-hydrogen) atoms. The van der Waals surface area contributed by atoms with E-state index in [-0.39, 0.29) is 31.1 Å². The molecule has 0 saturated heterocycles. The maximum absolute atomic E-state index is 13.7. The van der Waals surface area contributed by atoms with Crippen molar-refractivity contribution in [3.05, 3.63) is 46.5 Å². The Kier molecular flexibility index (Phi) is 8.88. The molecule has 2 aromatic rings. The highest BCUT2D eigenvalue weighted by molar-refractivity contribution is 6.19. The normalized spacial score (nSPS) is 23.9. The number of hydrogen-bond acceptors (Lipinski definition) is 5. The van der Waals surface area contributed by atoms with Gasteiger partial charge in [0, 0.05) is 22.4 Å². The molecule has 0 aliphatic heterocycles. The zero-order valence-electron chi connectivity index (χ0n) is 22.7. The third kappa shape index (κ3) is 6.00. The quantitative estimate of drug-likeness (QED) is 0.417. The monoisotopic (exact) mass is 507 g/mol. The molecule has 0 spiro atoms. The number of benzene rings is 2. The molecule has 0 bridgehead atoms. The van der Waals surface area contributed by atoms with Crippen molar-refractivity contribution in [3.63, 3.8) is 0 Å². The topological polar surface area (TPSA) is 81.7 Å². The third-order valence-corrected chi connectivity index (χ3v) is 8.23. The number of esters is 2. The minimum absolute atomic E-state index is 0.109. The van der Waals surface area contributed by atoms with Crippen molar-refractivity contribution in [3.8, 4) is 0 Å². The fourth-order valence-electron chi connectivity index (χ4n) is 6.05. The highest BCUT2D eigenvalue weighted by atomic mass is 16.5. The minimum Gasteiger partial charge on any atom is -0.462 e. The van der Waals surface area contributed by atoms with Crippen molar-refractivity contribution in [1.82, 2.24) is 5.32 Å². The highest BCUT2D eigenvalue weighted by Crippen LogP contribution is 2.41. The zero-order valence-corrected chi connectivity index (χ0v) is 22.7. The van der Waals surface area contributed by atoms with Gasteiger partial charge in [-0.2, -0.15) is 0 Å². The van der Waals surface area contributed by atoms with Gasteiger partial charge in [-0.3, -0.25) is 4.79 Å². The summed E-state index contributed by atoms with van der Waals surface area (Å²) in [6.07, 6.45) is 8.31. The van der Waals surface area contributed by atoms with Crippen LogP contribution < -0.4 is 5.32 Å². The summed E-state index contributed by atoms with van der Waals surface area (Å²) < 4.78 is 10.8. The van der Waals surface area contributed by atoms with Gasteiger partial charge >= 0.3 is 11.9 Å². The highest BCUT2D eigenvalue weighted by Gasteiger charge is 2.30. The molecule has 1 N–H and O–H groups in total. The summed E-state index contributed by atoms with van der Waals surface area (Å²) in [5.74, 6) is 0.464. The average molecular weight is 508 g/mol. The largest absolute Gasteiger partial charge is 0.462 e. The predicted molar refractivity (Wildman–Crippen MR) is 145 cm³/mol. The van der Waals surface area contributed by atoms with Crippen LogP contribution in [0.25, 0.3) is 10.8 Å². The number of amides is 1. The van der Waals surface area contributed by atoms with E-state index in [1.54, 1.807) is 32.0 Å². The summed E-state index contributed by atoms with van der Waals surface area (Å²) in [6, 6.07) is 7.22.